The van der Waals surface area contributed by atoms with E-state index in [2.05, 4.69) is 150 Å². The van der Waals surface area contributed by atoms with Gasteiger partial charge in [0.2, 0.25) is 30.1 Å². The second-order valence-electron chi connectivity index (χ2n) is 37.6. The van der Waals surface area contributed by atoms with Gasteiger partial charge in [0.1, 0.15) is 5.60 Å². The maximum atomic E-state index is 12.0. The van der Waals surface area contributed by atoms with Gasteiger partial charge in [0, 0.05) is 96.5 Å². The first-order valence-corrected chi connectivity index (χ1v) is 48.3. The molecule has 0 bridgehead atoms. The highest BCUT2D eigenvalue weighted by molar-refractivity contribution is 7.96. The SMILES string of the molecule is C=S1(=O)NCC2CC(C(C)C)CCN21.CC(C)C1CC2CN(C(=O)OC(C)(C)C)CC2C1.CC(C)C1CC2CN(C3COC3)CC2C1.CC(C)C1CC2CN(S(C)(=O)=O)CC2C1.CC(C)C1CC2CN(S(C)(=O)=O)CC2C1.CC(C)c1ccn2nccc2c1.CCS(=O)(=O)Nc1cc2n(n1)CCC(C(C)C)=C2. The van der Waals surface area contributed by atoms with Crippen LogP contribution in [0.3, 0.4) is 0 Å². The Morgan fingerprint density at radius 1 is 0.626 bits per heavy atom. The Balaban J connectivity index is 0.000000145. The van der Waals surface area contributed by atoms with Crippen LogP contribution >= 0.6 is 0 Å². The van der Waals surface area contributed by atoms with Crippen LogP contribution in [0.2, 0.25) is 0 Å². The van der Waals surface area contributed by atoms with E-state index in [4.69, 9.17) is 9.47 Å². The van der Waals surface area contributed by atoms with Crippen molar-refractivity contribution in [1.29, 1.82) is 0 Å². The lowest BCUT2D eigenvalue weighted by atomic mass is 9.84. The van der Waals surface area contributed by atoms with E-state index in [-0.39, 0.29) is 17.4 Å². The van der Waals surface area contributed by atoms with Crippen LogP contribution in [0.5, 0.6) is 0 Å². The average Bonchev–Trinajstić information content (AvgIpc) is 1.95. The maximum absolute atomic E-state index is 12.0. The van der Waals surface area contributed by atoms with E-state index >= 15 is 0 Å². The minimum absolute atomic E-state index is 0.0578. The number of anilines is 1. The Morgan fingerprint density at radius 2 is 1.08 bits per heavy atom. The molecule has 11 heterocycles. The van der Waals surface area contributed by atoms with E-state index in [0.717, 1.165) is 161 Å². The molecule has 3 aromatic heterocycles. The van der Waals surface area contributed by atoms with Gasteiger partial charge in [0.25, 0.3) is 0 Å². The van der Waals surface area contributed by atoms with Crippen LogP contribution in [0.4, 0.5) is 10.6 Å². The van der Waals surface area contributed by atoms with Gasteiger partial charge in [-0.25, -0.2) is 56.4 Å². The minimum Gasteiger partial charge on any atom is -0.444 e. The Kier molecular flexibility index (Phi) is 29.9. The number of likely N-dealkylation sites (tertiary alicyclic amines) is 2. The van der Waals surface area contributed by atoms with E-state index < -0.39 is 40.0 Å². The van der Waals surface area contributed by atoms with Gasteiger partial charge in [-0.2, -0.15) is 10.2 Å². The van der Waals surface area contributed by atoms with E-state index in [9.17, 15) is 34.3 Å². The lowest BCUT2D eigenvalue weighted by molar-refractivity contribution is -0.0598. The number of hydrogen-bond donors (Lipinski definition) is 2. The lowest BCUT2D eigenvalue weighted by Gasteiger charge is -2.35. The fourth-order valence-corrected chi connectivity index (χ4v) is 23.1. The van der Waals surface area contributed by atoms with Gasteiger partial charge in [-0.05, 0) is 252 Å². The summed E-state index contributed by atoms with van der Waals surface area (Å²) in [5.74, 6) is 19.6. The fraction of sp³-hybridized carbons (Fsp3) is 0.829. The number of allylic oxidation sites excluding steroid dienone is 1. The van der Waals surface area contributed by atoms with Crippen molar-refractivity contribution in [2.24, 2.45) is 112 Å². The zero-order chi connectivity index (χ0) is 78.6. The van der Waals surface area contributed by atoms with Crippen molar-refractivity contribution >= 4 is 69.3 Å². The van der Waals surface area contributed by atoms with Crippen LogP contribution < -0.4 is 9.44 Å². The number of carbonyl (C=O) groups is 1. The third-order valence-electron chi connectivity index (χ3n) is 26.4. The number of nitrogens with one attached hydrogen (secondary N) is 2. The number of carbonyl (C=O) groups excluding carboxylic acids is 1. The minimum atomic E-state index is -3.25. The number of ether oxygens (including phenoxy) is 2. The highest BCUT2D eigenvalue weighted by Crippen LogP contribution is 2.49. The number of aryl methyl sites for hydroxylation is 1. The highest BCUT2D eigenvalue weighted by atomic mass is 32.2. The van der Waals surface area contributed by atoms with Crippen molar-refractivity contribution < 1.29 is 43.7 Å². The van der Waals surface area contributed by atoms with Crippen LogP contribution in [0, 0.1) is 112 Å². The molecule has 12 aliphatic rings. The van der Waals surface area contributed by atoms with Crippen LogP contribution in [-0.2, 0) is 56.0 Å². The van der Waals surface area contributed by atoms with Gasteiger partial charge in [-0.1, -0.05) is 103 Å². The molecule has 11 fully saturated rings. The Morgan fingerprint density at radius 3 is 1.49 bits per heavy atom. The third kappa shape index (κ3) is 23.7. The van der Waals surface area contributed by atoms with Gasteiger partial charge >= 0.3 is 6.09 Å². The number of sulfonamides is 3. The molecule has 0 spiro atoms. The quantitative estimate of drug-likeness (QED) is 0.152. The molecule has 3 aromatic rings. The summed E-state index contributed by atoms with van der Waals surface area (Å²) >= 11 is 0. The molecule has 610 valence electrons. The molecule has 15 rings (SSSR count). The highest BCUT2D eigenvalue weighted by Gasteiger charge is 2.48. The molecular weight excluding hydrogens is 1430 g/mol. The van der Waals surface area contributed by atoms with Crippen molar-refractivity contribution in [2.75, 3.05) is 102 Å². The Bertz CT molecular complexity index is 3760. The number of aromatic nitrogens is 4. The van der Waals surface area contributed by atoms with E-state index in [1.807, 2.05) is 53.3 Å². The predicted octanol–water partition coefficient (Wildman–Crippen LogP) is 14.1. The second kappa shape index (κ2) is 36.7. The second-order valence-corrected chi connectivity index (χ2v) is 45.6. The zero-order valence-corrected chi connectivity index (χ0v) is 72.6. The molecule has 25 heteroatoms. The summed E-state index contributed by atoms with van der Waals surface area (Å²) in [7, 11) is -11.3. The standard InChI is InChI=1S/C15H27NO2.C13H23NO.C12H19N3O2S.2C11H21NO2S.C10H20N2OS.C10H12N2/c1-10(2)11-6-12-8-16(9-13(12)7-11)14(17)18-15(3,4)5;1-9(2)10-3-11-5-14(6-12(11)4-10)13-7-15-8-13;1-4-18(16,17)14-12-8-11-7-10(9(2)3)5-6-15(11)13-12;2*1-8(2)9-4-10-6-12(15(3,13)14)7-11(10)5-9;1-8(2)9-4-5-12-10(6-9)7-11-14(12,3)13;1-8(2)9-4-6-12-10(7-9)3-5-11-12/h10-13H,6-9H2,1-5H3;9-13H,3-8H2,1-2H3;7-9H,4-6H2,1-3H3,(H,13,14);2*8-11H,4-7H2,1-3H3;8-10H,3-7H2,1-2H3,(H,11,13);3-8H,1-2H3. The number of nitrogens with zero attached hydrogens (tertiary/aromatic N) is 9. The largest absolute Gasteiger partial charge is 0.444 e. The van der Waals surface area contributed by atoms with E-state index in [1.54, 1.807) is 21.6 Å². The number of pyridine rings is 1. The molecule has 8 aliphatic heterocycles. The summed E-state index contributed by atoms with van der Waals surface area (Å²) in [5.41, 5.74) is 4.50. The van der Waals surface area contributed by atoms with Crippen molar-refractivity contribution in [3.05, 3.63) is 53.5 Å². The lowest BCUT2D eigenvalue weighted by Crippen LogP contribution is -2.48. The number of hydrogen-bond acceptors (Lipinski definition) is 13. The monoisotopic (exact) mass is 1570 g/mol. The van der Waals surface area contributed by atoms with Gasteiger partial charge in [-0.3, -0.25) is 14.3 Å². The molecule has 21 nitrogen and oxygen atoms in total. The van der Waals surface area contributed by atoms with E-state index in [0.29, 0.717) is 59.2 Å². The summed E-state index contributed by atoms with van der Waals surface area (Å²) in [5, 5.41) is 8.40. The Hall–Kier alpha value is -3.66. The molecule has 11 unspecified atom stereocenters. The molecule has 11 atom stereocenters. The normalized spacial score (nSPS) is 31.4. The molecule has 107 heavy (non-hydrogen) atoms. The van der Waals surface area contributed by atoms with Crippen LogP contribution in [0.1, 0.15) is 212 Å². The van der Waals surface area contributed by atoms with Gasteiger partial charge in [0.05, 0.1) is 58.6 Å². The summed E-state index contributed by atoms with van der Waals surface area (Å²) in [4.78, 5) is 16.6. The smallest absolute Gasteiger partial charge is 0.410 e. The van der Waals surface area contributed by atoms with Crippen molar-refractivity contribution in [3.8, 4) is 0 Å². The number of amides is 1. The molecule has 2 N–H and O–H groups in total. The molecule has 0 aromatic carbocycles. The fourth-order valence-electron chi connectivity index (χ4n) is 19.1. The molecule has 7 saturated heterocycles. The summed E-state index contributed by atoms with van der Waals surface area (Å²) in [6.07, 6.45) is 22.3. The van der Waals surface area contributed by atoms with Crippen molar-refractivity contribution in [2.45, 2.75) is 225 Å². The van der Waals surface area contributed by atoms with Crippen molar-refractivity contribution in [3.63, 3.8) is 0 Å². The first-order chi connectivity index (χ1) is 49.9. The molecule has 1 amide bonds. The molecular formula is C82H143N11O10S4. The van der Waals surface area contributed by atoms with Gasteiger partial charge in [-0.15, -0.1) is 0 Å². The van der Waals surface area contributed by atoms with Crippen LogP contribution in [0.15, 0.2) is 42.2 Å². The number of piperidine rings is 1. The number of fused-ring (bicyclic) bond motifs is 7. The zero-order valence-electron chi connectivity index (χ0n) is 69.4. The first kappa shape index (κ1) is 87.3. The summed E-state index contributed by atoms with van der Waals surface area (Å²) in [6.45, 7) is 51.4. The third-order valence-corrected chi connectivity index (χ3v) is 32.0. The van der Waals surface area contributed by atoms with Crippen LogP contribution in [0.25, 0.3) is 11.6 Å². The molecule has 0 radical (unpaired) electrons. The molecule has 4 aliphatic carbocycles. The number of rotatable bonds is 13. The van der Waals surface area contributed by atoms with Gasteiger partial charge < -0.3 is 14.4 Å². The van der Waals surface area contributed by atoms with Crippen LogP contribution in [-0.4, -0.2) is 198 Å². The maximum Gasteiger partial charge on any atom is 0.410 e. The molecule has 4 saturated carbocycles. The average molecular weight is 1570 g/mol. The Labute approximate surface area is 648 Å². The summed E-state index contributed by atoms with van der Waals surface area (Å²) in [6, 6.07) is 9.33. The van der Waals surface area contributed by atoms with Crippen molar-refractivity contribution in [1.82, 2.24) is 46.8 Å². The first-order valence-electron chi connectivity index (χ1n) is 41.2. The van der Waals surface area contributed by atoms with E-state index in [1.165, 1.54) is 106 Å². The summed E-state index contributed by atoms with van der Waals surface area (Å²) < 4.78 is 106. The van der Waals surface area contributed by atoms with Gasteiger partial charge in [0.15, 0.2) is 5.82 Å². The predicted molar refractivity (Wildman–Crippen MR) is 438 cm³/mol. The topological polar surface area (TPSA) is 230 Å².